The molecule has 5 aromatic carbocycles. The number of hydrogen-bond donors (Lipinski definition) is 3. The Bertz CT molecular complexity index is 2840. The summed E-state index contributed by atoms with van der Waals surface area (Å²) in [4.78, 5) is 18.4. The van der Waals surface area contributed by atoms with Crippen molar-refractivity contribution in [2.24, 2.45) is 0 Å². The molecule has 0 amide bonds. The van der Waals surface area contributed by atoms with Crippen molar-refractivity contribution in [1.29, 1.82) is 0 Å². The molecular weight excluding hydrogens is 809 g/mol. The van der Waals surface area contributed by atoms with E-state index in [1.807, 2.05) is 35.8 Å². The predicted octanol–water partition coefficient (Wildman–Crippen LogP) is 13.1. The number of pyridine rings is 1. The Morgan fingerprint density at radius 2 is 0.967 bits per heavy atom. The van der Waals surface area contributed by atoms with Crippen molar-refractivity contribution < 1.29 is 8.78 Å². The molecule has 0 aliphatic heterocycles. The summed E-state index contributed by atoms with van der Waals surface area (Å²) in [5.74, 6) is -1.28. The van der Waals surface area contributed by atoms with Crippen molar-refractivity contribution in [2.75, 3.05) is 29.0 Å². The second-order valence-corrected chi connectivity index (χ2v) is 16.6. The van der Waals surface area contributed by atoms with Gasteiger partial charge < -0.3 is 16.0 Å². The molecule has 7 nitrogen and oxygen atoms in total. The molecule has 3 N–H and O–H groups in total. The van der Waals surface area contributed by atoms with Gasteiger partial charge in [0, 0.05) is 64.4 Å². The molecule has 4 heterocycles. The van der Waals surface area contributed by atoms with E-state index in [1.54, 1.807) is 28.9 Å². The van der Waals surface area contributed by atoms with Crippen LogP contribution in [-0.4, -0.2) is 33.0 Å². The van der Waals surface area contributed by atoms with Crippen LogP contribution in [0, 0.1) is 11.6 Å². The van der Waals surface area contributed by atoms with Gasteiger partial charge in [-0.25, -0.2) is 23.7 Å². The van der Waals surface area contributed by atoms with Crippen LogP contribution < -0.4 is 16.0 Å². The van der Waals surface area contributed by atoms with Crippen LogP contribution in [0.2, 0.25) is 0 Å². The van der Waals surface area contributed by atoms with E-state index >= 15 is 0 Å². The normalized spacial score (nSPS) is 11.1. The summed E-state index contributed by atoms with van der Waals surface area (Å²) in [6.45, 7) is 1.56. The van der Waals surface area contributed by atoms with Gasteiger partial charge >= 0.3 is 0 Å². The number of benzene rings is 5. The maximum Gasteiger partial charge on any atom is 0.187 e. The SMILES string of the molecule is Fc1ccc(Nc2nc(-c3ccc(-c4cccc(CCNc5nc(-c6ccc(-c7cccc(CCNc8nc(-c9cccnc9)cs8)c7)cc6)cs5)c4)cc3)cs2)c(F)c1. The molecule has 9 aromatic rings. The molecule has 0 bridgehead atoms. The molecule has 0 spiro atoms. The van der Waals surface area contributed by atoms with Crippen molar-refractivity contribution in [1.82, 2.24) is 19.9 Å². The molecule has 0 atom stereocenters. The first-order valence-corrected chi connectivity index (χ1v) is 22.0. The molecule has 60 heavy (non-hydrogen) atoms. The van der Waals surface area contributed by atoms with Gasteiger partial charge in [0.05, 0.1) is 22.8 Å². The zero-order chi connectivity index (χ0) is 40.7. The highest BCUT2D eigenvalue weighted by molar-refractivity contribution is 7.14. The summed E-state index contributed by atoms with van der Waals surface area (Å²) in [6.07, 6.45) is 5.35. The topological polar surface area (TPSA) is 87.7 Å². The first-order chi connectivity index (χ1) is 29.5. The second-order valence-electron chi connectivity index (χ2n) is 14.0. The number of thiazole rings is 3. The van der Waals surface area contributed by atoms with Gasteiger partial charge in [0.1, 0.15) is 11.6 Å². The van der Waals surface area contributed by atoms with E-state index in [0.717, 1.165) is 87.2 Å². The van der Waals surface area contributed by atoms with Crippen LogP contribution in [0.15, 0.2) is 156 Å². The van der Waals surface area contributed by atoms with Gasteiger partial charge in [-0.05, 0) is 70.5 Å². The van der Waals surface area contributed by atoms with Crippen molar-refractivity contribution in [2.45, 2.75) is 12.8 Å². The molecule has 0 saturated heterocycles. The minimum atomic E-state index is -0.659. The molecule has 0 radical (unpaired) electrons. The van der Waals surface area contributed by atoms with Crippen LogP contribution in [0.25, 0.3) is 56.0 Å². The molecule has 4 aromatic heterocycles. The molecule has 0 unspecified atom stereocenters. The number of anilines is 4. The summed E-state index contributed by atoms with van der Waals surface area (Å²) < 4.78 is 27.4. The summed E-state index contributed by atoms with van der Waals surface area (Å²) in [5, 5.41) is 18.4. The zero-order valence-electron chi connectivity index (χ0n) is 32.1. The fraction of sp³-hybridized carbons (Fsp3) is 0.0833. The summed E-state index contributed by atoms with van der Waals surface area (Å²) in [7, 11) is 0. The fourth-order valence-electron chi connectivity index (χ4n) is 6.77. The van der Waals surface area contributed by atoms with Crippen molar-refractivity contribution in [3.63, 3.8) is 0 Å². The minimum absolute atomic E-state index is 0.185. The number of rotatable bonds is 15. The Morgan fingerprint density at radius 1 is 0.467 bits per heavy atom. The standard InChI is InChI=1S/C48H37F2N7S3/c49-40-17-18-42(41(50)26-40)54-48-57-44(29-60-48)36-15-11-34(12-16-36)38-7-1-4-31(24-38)19-22-52-46-55-43(28-58-46)35-13-9-33(10-14-35)37-6-2-5-32(25-37)20-23-53-47-56-45(30-59-47)39-8-3-21-51-27-39/h1-18,21,24-30H,19-20,22-23H2,(H,52,55)(H,53,56)(H,54,57). The van der Waals surface area contributed by atoms with Gasteiger partial charge in [-0.2, -0.15) is 0 Å². The van der Waals surface area contributed by atoms with E-state index in [0.29, 0.717) is 5.13 Å². The predicted molar refractivity (Wildman–Crippen MR) is 245 cm³/mol. The van der Waals surface area contributed by atoms with Crippen molar-refractivity contribution in [3.8, 4) is 56.0 Å². The molecule has 0 fully saturated rings. The van der Waals surface area contributed by atoms with Crippen molar-refractivity contribution >= 4 is 55.1 Å². The highest BCUT2D eigenvalue weighted by atomic mass is 32.1. The smallest absolute Gasteiger partial charge is 0.187 e. The molecular formula is C48H37F2N7S3. The van der Waals surface area contributed by atoms with Gasteiger partial charge in [-0.15, -0.1) is 34.0 Å². The number of halogens is 2. The lowest BCUT2D eigenvalue weighted by Crippen LogP contribution is -2.04. The molecule has 0 saturated carbocycles. The zero-order valence-corrected chi connectivity index (χ0v) is 34.6. The Labute approximate surface area is 358 Å². The van der Waals surface area contributed by atoms with Gasteiger partial charge in [0.25, 0.3) is 0 Å². The summed E-state index contributed by atoms with van der Waals surface area (Å²) >= 11 is 4.59. The maximum atomic E-state index is 14.1. The van der Waals surface area contributed by atoms with Gasteiger partial charge in [0.2, 0.25) is 0 Å². The lowest BCUT2D eigenvalue weighted by molar-refractivity contribution is 0.586. The second kappa shape index (κ2) is 18.1. The Kier molecular flexibility index (Phi) is 11.7. The first kappa shape index (κ1) is 38.9. The summed E-state index contributed by atoms with van der Waals surface area (Å²) in [5.41, 5.74) is 13.0. The molecule has 296 valence electrons. The van der Waals surface area contributed by atoms with E-state index in [1.165, 1.54) is 45.7 Å². The number of nitrogens with zero attached hydrogens (tertiary/aromatic N) is 4. The van der Waals surface area contributed by atoms with Crippen LogP contribution in [-0.2, 0) is 12.8 Å². The Balaban J connectivity index is 0.753. The van der Waals surface area contributed by atoms with Crippen LogP contribution in [0.1, 0.15) is 11.1 Å². The maximum absolute atomic E-state index is 14.1. The van der Waals surface area contributed by atoms with Crippen molar-refractivity contribution in [3.05, 3.63) is 179 Å². The highest BCUT2D eigenvalue weighted by Gasteiger charge is 2.11. The Morgan fingerprint density at radius 3 is 1.50 bits per heavy atom. The molecule has 0 aliphatic rings. The third kappa shape index (κ3) is 9.47. The number of hydrogen-bond acceptors (Lipinski definition) is 10. The third-order valence-electron chi connectivity index (χ3n) is 9.90. The van der Waals surface area contributed by atoms with Gasteiger partial charge in [-0.3, -0.25) is 4.98 Å². The van der Waals surface area contributed by atoms with Gasteiger partial charge in [0.15, 0.2) is 15.4 Å². The quantitative estimate of drug-likeness (QED) is 0.0947. The number of nitrogens with one attached hydrogen (secondary N) is 3. The fourth-order valence-corrected chi connectivity index (χ4v) is 9.00. The van der Waals surface area contributed by atoms with E-state index in [2.05, 4.69) is 122 Å². The van der Waals surface area contributed by atoms with Crippen LogP contribution in [0.3, 0.4) is 0 Å². The Hall–Kier alpha value is -6.60. The van der Waals surface area contributed by atoms with Gasteiger partial charge in [-0.1, -0.05) is 97.1 Å². The average Bonchev–Trinajstić information content (AvgIpc) is 4.08. The largest absolute Gasteiger partial charge is 0.361 e. The van der Waals surface area contributed by atoms with E-state index in [4.69, 9.17) is 9.97 Å². The van der Waals surface area contributed by atoms with Crippen LogP contribution >= 0.6 is 34.0 Å². The first-order valence-electron chi connectivity index (χ1n) is 19.4. The monoisotopic (exact) mass is 845 g/mol. The van der Waals surface area contributed by atoms with E-state index in [9.17, 15) is 8.78 Å². The minimum Gasteiger partial charge on any atom is -0.361 e. The molecule has 9 rings (SSSR count). The summed E-state index contributed by atoms with van der Waals surface area (Å²) in [6, 6.07) is 41.6. The molecule has 0 aliphatic carbocycles. The van der Waals surface area contributed by atoms with E-state index in [-0.39, 0.29) is 5.69 Å². The highest BCUT2D eigenvalue weighted by Crippen LogP contribution is 2.32. The lowest BCUT2D eigenvalue weighted by Gasteiger charge is -2.08. The third-order valence-corrected chi connectivity index (χ3v) is 12.3. The average molecular weight is 846 g/mol. The molecule has 12 heteroatoms. The van der Waals surface area contributed by atoms with E-state index < -0.39 is 11.6 Å². The lowest BCUT2D eigenvalue weighted by atomic mass is 10.00. The van der Waals surface area contributed by atoms with Crippen LogP contribution in [0.4, 0.5) is 29.9 Å². The van der Waals surface area contributed by atoms with Crippen LogP contribution in [0.5, 0.6) is 0 Å². The number of aromatic nitrogens is 4.